The van der Waals surface area contributed by atoms with Crippen LogP contribution in [0, 0.1) is 0 Å². The second kappa shape index (κ2) is 13.2. The molecular weight excluding hydrogens is 312 g/mol. The van der Waals surface area contributed by atoms with E-state index >= 15 is 0 Å². The van der Waals surface area contributed by atoms with Crippen LogP contribution in [-0.2, 0) is 11.2 Å². The van der Waals surface area contributed by atoms with Crippen LogP contribution in [0.2, 0.25) is 0 Å². The molecule has 23 heavy (non-hydrogen) atoms. The molecule has 0 bridgehead atoms. The second-order valence-electron chi connectivity index (χ2n) is 5.34. The van der Waals surface area contributed by atoms with Crippen molar-refractivity contribution in [2.45, 2.75) is 40.0 Å². The van der Waals surface area contributed by atoms with Crippen molar-refractivity contribution in [2.75, 3.05) is 32.8 Å². The summed E-state index contributed by atoms with van der Waals surface area (Å²) in [5.41, 5.74) is 1.23. The fourth-order valence-corrected chi connectivity index (χ4v) is 2.24. The van der Waals surface area contributed by atoms with Crippen LogP contribution in [0.5, 0.6) is 5.75 Å². The Balaban J connectivity index is 0.00000484. The number of amides is 1. The van der Waals surface area contributed by atoms with Crippen LogP contribution in [0.15, 0.2) is 24.3 Å². The molecule has 1 aromatic rings. The predicted octanol–water partition coefficient (Wildman–Crippen LogP) is 3.29. The standard InChI is InChI=1S/C18H30N2O2.ClH/c1-4-7-13-22-17-10-8-9-16(14-17)11-12-19-15-18(21)20(5-2)6-3;/h8-10,14,19H,4-7,11-13,15H2,1-3H3;1H. The molecule has 1 N–H and O–H groups in total. The van der Waals surface area contributed by atoms with E-state index in [9.17, 15) is 4.79 Å². The van der Waals surface area contributed by atoms with E-state index in [4.69, 9.17) is 4.74 Å². The predicted molar refractivity (Wildman–Crippen MR) is 98.6 cm³/mol. The van der Waals surface area contributed by atoms with Crippen LogP contribution in [0.25, 0.3) is 0 Å². The summed E-state index contributed by atoms with van der Waals surface area (Å²) in [6, 6.07) is 8.21. The zero-order valence-electron chi connectivity index (χ0n) is 14.6. The van der Waals surface area contributed by atoms with Crippen molar-refractivity contribution >= 4 is 18.3 Å². The molecule has 0 aromatic heterocycles. The largest absolute Gasteiger partial charge is 0.494 e. The molecule has 0 atom stereocenters. The maximum Gasteiger partial charge on any atom is 0.236 e. The third-order valence-electron chi connectivity index (χ3n) is 3.65. The maximum absolute atomic E-state index is 11.9. The van der Waals surface area contributed by atoms with Crippen molar-refractivity contribution in [3.63, 3.8) is 0 Å². The number of carbonyl (C=O) groups excluding carboxylic acids is 1. The molecule has 0 aliphatic carbocycles. The number of rotatable bonds is 11. The number of carbonyl (C=O) groups is 1. The normalized spacial score (nSPS) is 10.0. The van der Waals surface area contributed by atoms with Crippen molar-refractivity contribution in [2.24, 2.45) is 0 Å². The Morgan fingerprint density at radius 1 is 1.22 bits per heavy atom. The van der Waals surface area contributed by atoms with Gasteiger partial charge >= 0.3 is 0 Å². The summed E-state index contributed by atoms with van der Waals surface area (Å²) >= 11 is 0. The lowest BCUT2D eigenvalue weighted by atomic mass is 10.1. The van der Waals surface area contributed by atoms with Gasteiger partial charge in [-0.3, -0.25) is 4.79 Å². The molecule has 132 valence electrons. The molecule has 0 radical (unpaired) electrons. The highest BCUT2D eigenvalue weighted by Crippen LogP contribution is 2.14. The van der Waals surface area contributed by atoms with Crippen LogP contribution in [0.4, 0.5) is 0 Å². The van der Waals surface area contributed by atoms with Gasteiger partial charge in [0.1, 0.15) is 5.75 Å². The van der Waals surface area contributed by atoms with Crippen LogP contribution in [0.3, 0.4) is 0 Å². The van der Waals surface area contributed by atoms with Gasteiger partial charge in [0.05, 0.1) is 13.2 Å². The monoisotopic (exact) mass is 342 g/mol. The minimum absolute atomic E-state index is 0. The van der Waals surface area contributed by atoms with Crippen molar-refractivity contribution in [3.05, 3.63) is 29.8 Å². The molecule has 1 aromatic carbocycles. The van der Waals surface area contributed by atoms with Crippen molar-refractivity contribution < 1.29 is 9.53 Å². The van der Waals surface area contributed by atoms with Gasteiger partial charge < -0.3 is 15.0 Å². The number of halogens is 1. The first-order valence-corrected chi connectivity index (χ1v) is 8.41. The van der Waals surface area contributed by atoms with Gasteiger partial charge in [-0.25, -0.2) is 0 Å². The molecule has 0 fully saturated rings. The molecule has 0 aliphatic rings. The first-order valence-electron chi connectivity index (χ1n) is 8.41. The van der Waals surface area contributed by atoms with Crippen molar-refractivity contribution in [3.8, 4) is 5.75 Å². The second-order valence-corrected chi connectivity index (χ2v) is 5.34. The summed E-state index contributed by atoms with van der Waals surface area (Å²) in [5, 5.41) is 3.22. The van der Waals surface area contributed by atoms with Gasteiger partial charge in [-0.2, -0.15) is 0 Å². The molecule has 0 saturated carbocycles. The summed E-state index contributed by atoms with van der Waals surface area (Å²) < 4.78 is 5.71. The fraction of sp³-hybridized carbons (Fsp3) is 0.611. The quantitative estimate of drug-likeness (QED) is 0.627. The highest BCUT2D eigenvalue weighted by atomic mass is 35.5. The first kappa shape index (κ1) is 21.7. The maximum atomic E-state index is 11.9. The van der Waals surface area contributed by atoms with Gasteiger partial charge in [-0.1, -0.05) is 25.5 Å². The van der Waals surface area contributed by atoms with E-state index in [0.29, 0.717) is 6.54 Å². The van der Waals surface area contributed by atoms with Crippen molar-refractivity contribution in [1.82, 2.24) is 10.2 Å². The number of ether oxygens (including phenoxy) is 1. The molecule has 1 rings (SSSR count). The average Bonchev–Trinajstić information content (AvgIpc) is 2.53. The number of benzene rings is 1. The lowest BCUT2D eigenvalue weighted by molar-refractivity contribution is -0.129. The van der Waals surface area contributed by atoms with Gasteiger partial charge in [0.25, 0.3) is 0 Å². The minimum atomic E-state index is 0. The molecule has 0 aliphatic heterocycles. The lowest BCUT2D eigenvalue weighted by Crippen LogP contribution is -2.38. The summed E-state index contributed by atoms with van der Waals surface area (Å²) in [6.07, 6.45) is 3.12. The Hall–Kier alpha value is -1.26. The number of nitrogens with zero attached hydrogens (tertiary/aromatic N) is 1. The van der Waals surface area contributed by atoms with E-state index in [1.54, 1.807) is 0 Å². The molecule has 0 spiro atoms. The molecule has 4 nitrogen and oxygen atoms in total. The Morgan fingerprint density at radius 2 is 1.96 bits per heavy atom. The van der Waals surface area contributed by atoms with Gasteiger partial charge in [-0.05, 0) is 50.9 Å². The number of nitrogens with one attached hydrogen (secondary N) is 1. The zero-order valence-corrected chi connectivity index (χ0v) is 15.5. The minimum Gasteiger partial charge on any atom is -0.494 e. The van der Waals surface area contributed by atoms with Crippen LogP contribution in [-0.4, -0.2) is 43.6 Å². The smallest absolute Gasteiger partial charge is 0.236 e. The van der Waals surface area contributed by atoms with E-state index in [1.807, 2.05) is 30.9 Å². The Bertz CT molecular complexity index is 437. The van der Waals surface area contributed by atoms with Crippen LogP contribution in [0.1, 0.15) is 39.2 Å². The van der Waals surface area contributed by atoms with Crippen LogP contribution < -0.4 is 10.1 Å². The molecule has 0 heterocycles. The van der Waals surface area contributed by atoms with E-state index in [2.05, 4.69) is 24.4 Å². The Labute approximate surface area is 147 Å². The first-order chi connectivity index (χ1) is 10.7. The SMILES string of the molecule is CCCCOc1cccc(CCNCC(=O)N(CC)CC)c1.Cl. The number of likely N-dealkylation sites (N-methyl/N-ethyl adjacent to an activating group) is 1. The summed E-state index contributed by atoms with van der Waals surface area (Å²) in [4.78, 5) is 13.7. The van der Waals surface area contributed by atoms with E-state index in [-0.39, 0.29) is 18.3 Å². The third-order valence-corrected chi connectivity index (χ3v) is 3.65. The average molecular weight is 343 g/mol. The third kappa shape index (κ3) is 8.82. The highest BCUT2D eigenvalue weighted by molar-refractivity contribution is 5.85. The summed E-state index contributed by atoms with van der Waals surface area (Å²) in [6.45, 7) is 9.69. The van der Waals surface area contributed by atoms with Gasteiger partial charge in [0, 0.05) is 13.1 Å². The molecule has 0 unspecified atom stereocenters. The molecule has 5 heteroatoms. The number of hydrogen-bond acceptors (Lipinski definition) is 3. The highest BCUT2D eigenvalue weighted by Gasteiger charge is 2.08. The van der Waals surface area contributed by atoms with Gasteiger partial charge in [0.15, 0.2) is 0 Å². The molecular formula is C18H31ClN2O2. The topological polar surface area (TPSA) is 41.6 Å². The Morgan fingerprint density at radius 3 is 2.61 bits per heavy atom. The van der Waals surface area contributed by atoms with Gasteiger partial charge in [-0.15, -0.1) is 12.4 Å². The summed E-state index contributed by atoms with van der Waals surface area (Å²) in [5.74, 6) is 1.10. The molecule has 0 saturated heterocycles. The van der Waals surface area contributed by atoms with E-state index in [1.165, 1.54) is 5.56 Å². The van der Waals surface area contributed by atoms with E-state index < -0.39 is 0 Å². The summed E-state index contributed by atoms with van der Waals surface area (Å²) in [7, 11) is 0. The van der Waals surface area contributed by atoms with E-state index in [0.717, 1.165) is 51.3 Å². The molecule has 1 amide bonds. The fourth-order valence-electron chi connectivity index (χ4n) is 2.24. The Kier molecular flexibility index (Phi) is 12.5. The van der Waals surface area contributed by atoms with Crippen LogP contribution >= 0.6 is 12.4 Å². The zero-order chi connectivity index (χ0) is 16.2. The number of unbranched alkanes of at least 4 members (excludes halogenated alkanes) is 1. The van der Waals surface area contributed by atoms with Crippen molar-refractivity contribution in [1.29, 1.82) is 0 Å². The lowest BCUT2D eigenvalue weighted by Gasteiger charge is -2.18. The van der Waals surface area contributed by atoms with Gasteiger partial charge in [0.2, 0.25) is 5.91 Å². The number of hydrogen-bond donors (Lipinski definition) is 1.